The average Bonchev–Trinajstić information content (AvgIpc) is 3.35. The Hall–Kier alpha value is -4.45. The third kappa shape index (κ3) is 4.52. The lowest BCUT2D eigenvalue weighted by Gasteiger charge is -2.13. The van der Waals surface area contributed by atoms with Crippen molar-refractivity contribution in [2.24, 2.45) is 0 Å². The van der Waals surface area contributed by atoms with E-state index in [1.165, 1.54) is 41.4 Å². The molecule has 0 fully saturated rings. The Kier molecular flexibility index (Phi) is 6.41. The quantitative estimate of drug-likeness (QED) is 0.371. The SMILES string of the molecule is Nc1nc(-c2ncco2)c(-c2ccc(=O)n(CCO)c2)nc1C(=O)NCc1c(F)cccc1F. The third-order valence-electron chi connectivity index (χ3n) is 4.86. The van der Waals surface area contributed by atoms with Gasteiger partial charge in [0.25, 0.3) is 11.5 Å². The predicted molar refractivity (Wildman–Crippen MR) is 116 cm³/mol. The fraction of sp³-hybridized carbons (Fsp3) is 0.136. The van der Waals surface area contributed by atoms with Gasteiger partial charge in [0.05, 0.1) is 12.8 Å². The van der Waals surface area contributed by atoms with E-state index in [1.807, 2.05) is 0 Å². The third-order valence-corrected chi connectivity index (χ3v) is 4.86. The number of oxazole rings is 1. The van der Waals surface area contributed by atoms with E-state index in [2.05, 4.69) is 20.3 Å². The van der Waals surface area contributed by atoms with Crippen LogP contribution >= 0.6 is 0 Å². The number of amides is 1. The molecule has 34 heavy (non-hydrogen) atoms. The molecule has 3 aromatic heterocycles. The van der Waals surface area contributed by atoms with Gasteiger partial charge < -0.3 is 25.1 Å². The predicted octanol–water partition coefficient (Wildman–Crippen LogP) is 1.74. The molecular formula is C22H18F2N6O4. The summed E-state index contributed by atoms with van der Waals surface area (Å²) in [6, 6.07) is 6.08. The second kappa shape index (κ2) is 9.58. The van der Waals surface area contributed by atoms with Crippen molar-refractivity contribution in [3.63, 3.8) is 0 Å². The summed E-state index contributed by atoms with van der Waals surface area (Å²) in [5, 5.41) is 11.6. The molecule has 0 saturated carbocycles. The number of aliphatic hydroxyl groups is 1. The van der Waals surface area contributed by atoms with Crippen LogP contribution in [0.1, 0.15) is 16.1 Å². The van der Waals surface area contributed by atoms with Crippen molar-refractivity contribution in [2.75, 3.05) is 12.3 Å². The van der Waals surface area contributed by atoms with Crippen molar-refractivity contribution in [3.8, 4) is 22.8 Å². The summed E-state index contributed by atoms with van der Waals surface area (Å²) in [5.74, 6) is -2.66. The molecule has 4 rings (SSSR count). The van der Waals surface area contributed by atoms with E-state index in [-0.39, 0.29) is 53.1 Å². The fourth-order valence-corrected chi connectivity index (χ4v) is 3.21. The molecule has 0 aliphatic rings. The molecule has 0 bridgehead atoms. The number of anilines is 1. The molecule has 4 N–H and O–H groups in total. The molecule has 4 aromatic rings. The van der Waals surface area contributed by atoms with E-state index in [9.17, 15) is 23.5 Å². The zero-order chi connectivity index (χ0) is 24.2. The lowest BCUT2D eigenvalue weighted by molar-refractivity contribution is 0.0946. The van der Waals surface area contributed by atoms with E-state index in [1.54, 1.807) is 0 Å². The number of aromatic nitrogens is 4. The molecule has 1 aromatic carbocycles. The fourth-order valence-electron chi connectivity index (χ4n) is 3.21. The Morgan fingerprint density at radius 3 is 2.59 bits per heavy atom. The Morgan fingerprint density at radius 2 is 1.91 bits per heavy atom. The lowest BCUT2D eigenvalue weighted by Crippen LogP contribution is -2.27. The number of nitrogens with two attached hydrogens (primary N) is 1. The highest BCUT2D eigenvalue weighted by Crippen LogP contribution is 2.29. The van der Waals surface area contributed by atoms with Crippen LogP contribution in [0.25, 0.3) is 22.8 Å². The van der Waals surface area contributed by atoms with Crippen LogP contribution in [0.4, 0.5) is 14.6 Å². The number of nitrogens with zero attached hydrogens (tertiary/aromatic N) is 4. The molecule has 0 saturated heterocycles. The van der Waals surface area contributed by atoms with E-state index in [4.69, 9.17) is 10.2 Å². The van der Waals surface area contributed by atoms with Crippen molar-refractivity contribution in [3.05, 3.63) is 82.2 Å². The van der Waals surface area contributed by atoms with Crippen molar-refractivity contribution in [1.29, 1.82) is 0 Å². The molecule has 1 amide bonds. The Bertz CT molecular complexity index is 1390. The van der Waals surface area contributed by atoms with Crippen molar-refractivity contribution in [2.45, 2.75) is 13.1 Å². The van der Waals surface area contributed by atoms with E-state index in [0.29, 0.717) is 5.56 Å². The van der Waals surface area contributed by atoms with Gasteiger partial charge in [0.1, 0.15) is 23.6 Å². The number of carbonyl (C=O) groups is 1. The van der Waals surface area contributed by atoms with Gasteiger partial charge in [-0.1, -0.05) is 6.07 Å². The van der Waals surface area contributed by atoms with Gasteiger partial charge >= 0.3 is 0 Å². The number of hydrogen-bond donors (Lipinski definition) is 3. The van der Waals surface area contributed by atoms with Crippen LogP contribution < -0.4 is 16.6 Å². The largest absolute Gasteiger partial charge is 0.443 e. The first kappa shape index (κ1) is 22.7. The first-order valence-corrected chi connectivity index (χ1v) is 9.99. The molecule has 0 unspecified atom stereocenters. The maximum absolute atomic E-state index is 13.9. The maximum atomic E-state index is 13.9. The summed E-state index contributed by atoms with van der Waals surface area (Å²) >= 11 is 0. The first-order valence-electron chi connectivity index (χ1n) is 9.99. The zero-order valence-electron chi connectivity index (χ0n) is 17.5. The normalized spacial score (nSPS) is 10.9. The van der Waals surface area contributed by atoms with E-state index in [0.717, 1.165) is 12.1 Å². The smallest absolute Gasteiger partial charge is 0.274 e. The number of rotatable bonds is 7. The van der Waals surface area contributed by atoms with Crippen molar-refractivity contribution >= 4 is 11.7 Å². The van der Waals surface area contributed by atoms with Gasteiger partial charge in [0.15, 0.2) is 17.2 Å². The number of nitrogens with one attached hydrogen (secondary N) is 1. The van der Waals surface area contributed by atoms with Gasteiger partial charge in [0, 0.05) is 36.5 Å². The van der Waals surface area contributed by atoms with Gasteiger partial charge in [-0.25, -0.2) is 23.7 Å². The molecule has 3 heterocycles. The monoisotopic (exact) mass is 468 g/mol. The maximum Gasteiger partial charge on any atom is 0.274 e. The molecule has 0 aliphatic carbocycles. The number of nitrogen functional groups attached to an aromatic ring is 1. The Labute approximate surface area is 190 Å². The number of benzene rings is 1. The molecular weight excluding hydrogens is 450 g/mol. The summed E-state index contributed by atoms with van der Waals surface area (Å²) < 4.78 is 34.4. The van der Waals surface area contributed by atoms with E-state index < -0.39 is 24.1 Å². The number of halogens is 2. The van der Waals surface area contributed by atoms with Gasteiger partial charge in [-0.3, -0.25) is 9.59 Å². The molecule has 0 aliphatic heterocycles. The van der Waals surface area contributed by atoms with Gasteiger partial charge in [-0.05, 0) is 18.2 Å². The lowest BCUT2D eigenvalue weighted by atomic mass is 10.1. The second-order valence-electron chi connectivity index (χ2n) is 7.05. The number of aliphatic hydroxyl groups excluding tert-OH is 1. The Morgan fingerprint density at radius 1 is 1.15 bits per heavy atom. The minimum Gasteiger partial charge on any atom is -0.443 e. The van der Waals surface area contributed by atoms with Crippen molar-refractivity contribution < 1.29 is 23.1 Å². The van der Waals surface area contributed by atoms with Crippen LogP contribution in [-0.4, -0.2) is 37.1 Å². The summed E-state index contributed by atoms with van der Waals surface area (Å²) in [5.41, 5.74) is 5.57. The standard InChI is InChI=1S/C22H18F2N6O4/c23-14-2-1-3-15(24)13(14)10-27-21(33)19-20(25)29-18(22-26-6-9-34-22)17(28-19)12-4-5-16(32)30(11-12)7-8-31/h1-6,9,11,31H,7-8,10H2,(H2,25,29)(H,27,33). The highest BCUT2D eigenvalue weighted by Gasteiger charge is 2.23. The molecule has 12 heteroatoms. The molecule has 10 nitrogen and oxygen atoms in total. The van der Waals surface area contributed by atoms with Gasteiger partial charge in [-0.2, -0.15) is 0 Å². The molecule has 0 spiro atoms. The zero-order valence-corrected chi connectivity index (χ0v) is 17.5. The minimum absolute atomic E-state index is 0.0327. The number of carbonyl (C=O) groups excluding carboxylic acids is 1. The van der Waals surface area contributed by atoms with E-state index >= 15 is 0 Å². The summed E-state index contributed by atoms with van der Waals surface area (Å²) in [4.78, 5) is 37.4. The molecule has 174 valence electrons. The van der Waals surface area contributed by atoms with Crippen LogP contribution in [0, 0.1) is 11.6 Å². The minimum atomic E-state index is -0.823. The van der Waals surface area contributed by atoms with Gasteiger partial charge in [-0.15, -0.1) is 0 Å². The summed E-state index contributed by atoms with van der Waals surface area (Å²) in [6.45, 7) is -0.689. The molecule has 0 radical (unpaired) electrons. The van der Waals surface area contributed by atoms with Crippen LogP contribution in [0.15, 0.2) is 58.2 Å². The highest BCUT2D eigenvalue weighted by atomic mass is 19.1. The van der Waals surface area contributed by atoms with Crippen LogP contribution in [0.5, 0.6) is 0 Å². The first-order chi connectivity index (χ1) is 16.4. The van der Waals surface area contributed by atoms with Gasteiger partial charge in [0.2, 0.25) is 5.89 Å². The van der Waals surface area contributed by atoms with Crippen LogP contribution in [0.2, 0.25) is 0 Å². The summed E-state index contributed by atoms with van der Waals surface area (Å²) in [6.07, 6.45) is 4.13. The number of pyridine rings is 1. The highest BCUT2D eigenvalue weighted by molar-refractivity contribution is 5.97. The Balaban J connectivity index is 1.76. The second-order valence-corrected chi connectivity index (χ2v) is 7.05. The average molecular weight is 468 g/mol. The van der Waals surface area contributed by atoms with Crippen LogP contribution in [-0.2, 0) is 13.1 Å². The van der Waals surface area contributed by atoms with Crippen LogP contribution in [0.3, 0.4) is 0 Å². The topological polar surface area (TPSA) is 149 Å². The van der Waals surface area contributed by atoms with Crippen molar-refractivity contribution in [1.82, 2.24) is 24.8 Å². The summed E-state index contributed by atoms with van der Waals surface area (Å²) in [7, 11) is 0. The number of hydrogen-bond acceptors (Lipinski definition) is 8. The molecule has 0 atom stereocenters.